The van der Waals surface area contributed by atoms with Crippen LogP contribution in [0.5, 0.6) is 0 Å². The number of aromatic nitrogens is 4. The molecule has 1 amide bonds. The summed E-state index contributed by atoms with van der Waals surface area (Å²) in [4.78, 5) is 37.2. The second-order valence-electron chi connectivity index (χ2n) is 9.62. The summed E-state index contributed by atoms with van der Waals surface area (Å²) in [5.41, 5.74) is -4.12. The fourth-order valence-corrected chi connectivity index (χ4v) is 4.97. The van der Waals surface area contributed by atoms with E-state index in [9.17, 15) is 35.9 Å². The van der Waals surface area contributed by atoms with Crippen LogP contribution in [0.1, 0.15) is 35.7 Å². The minimum absolute atomic E-state index is 0.0111. The van der Waals surface area contributed by atoms with E-state index in [1.165, 1.54) is 0 Å². The maximum atomic E-state index is 13.4. The molecule has 3 heterocycles. The van der Waals surface area contributed by atoms with Crippen LogP contribution in [0.15, 0.2) is 17.2 Å². The van der Waals surface area contributed by atoms with Gasteiger partial charge < -0.3 is 9.80 Å². The molecule has 1 aliphatic heterocycles. The number of rotatable bonds is 5. The molecule has 1 aliphatic carbocycles. The molecule has 0 radical (unpaired) electrons. The molecule has 1 saturated heterocycles. The Labute approximate surface area is 207 Å². The van der Waals surface area contributed by atoms with E-state index in [0.29, 0.717) is 32.6 Å². The van der Waals surface area contributed by atoms with Crippen molar-refractivity contribution in [2.24, 2.45) is 0 Å². The Morgan fingerprint density at radius 3 is 2.27 bits per heavy atom. The molecule has 9 nitrogen and oxygen atoms in total. The number of likely N-dealkylation sites (N-methyl/N-ethyl adjacent to an activating group) is 1. The molecule has 37 heavy (non-hydrogen) atoms. The lowest BCUT2D eigenvalue weighted by Gasteiger charge is -2.36. The van der Waals surface area contributed by atoms with Crippen LogP contribution in [0.25, 0.3) is 0 Å². The number of carbonyl (C=O) groups excluding carboxylic acids is 1. The number of aromatic amines is 1. The van der Waals surface area contributed by atoms with Gasteiger partial charge in [-0.05, 0) is 25.5 Å². The second kappa shape index (κ2) is 9.58. The first-order chi connectivity index (χ1) is 17.2. The van der Waals surface area contributed by atoms with E-state index >= 15 is 0 Å². The molecule has 2 aromatic heterocycles. The first-order valence-electron chi connectivity index (χ1n) is 11.5. The molecule has 0 bridgehead atoms. The van der Waals surface area contributed by atoms with Crippen LogP contribution < -0.4 is 10.5 Å². The molecule has 1 N–H and O–H groups in total. The van der Waals surface area contributed by atoms with E-state index in [1.807, 2.05) is 5.10 Å². The number of carbonyl (C=O) groups is 1. The molecule has 2 aliphatic rings. The summed E-state index contributed by atoms with van der Waals surface area (Å²) >= 11 is 0. The van der Waals surface area contributed by atoms with Crippen molar-refractivity contribution in [3.63, 3.8) is 0 Å². The Morgan fingerprint density at radius 1 is 1.08 bits per heavy atom. The molecule has 202 valence electrons. The SMILES string of the molecule is CN(CC(=O)N1CCN(c2ncc(C(F)(F)F)cn2)CC1)C[C@@]1(C)CCc2c1n[nH]c(=O)c2C(F)(F)F. The van der Waals surface area contributed by atoms with Gasteiger partial charge in [-0.1, -0.05) is 6.92 Å². The molecule has 0 unspecified atom stereocenters. The van der Waals surface area contributed by atoms with E-state index in [0.717, 1.165) is 12.4 Å². The maximum Gasteiger partial charge on any atom is 0.422 e. The Balaban J connectivity index is 1.34. The number of fused-ring (bicyclic) bond motifs is 1. The van der Waals surface area contributed by atoms with Crippen molar-refractivity contribution < 1.29 is 31.1 Å². The van der Waals surface area contributed by atoms with Gasteiger partial charge in [0.2, 0.25) is 11.9 Å². The van der Waals surface area contributed by atoms with E-state index in [-0.39, 0.29) is 42.6 Å². The quantitative estimate of drug-likeness (QED) is 0.588. The molecule has 0 spiro atoms. The third-order valence-corrected chi connectivity index (χ3v) is 6.77. The number of halogens is 6. The molecule has 4 rings (SSSR count). The van der Waals surface area contributed by atoms with Gasteiger partial charge in [0, 0.05) is 50.5 Å². The van der Waals surface area contributed by atoms with Crippen LogP contribution in [0.4, 0.5) is 32.3 Å². The number of anilines is 1. The topological polar surface area (TPSA) is 98.3 Å². The lowest BCUT2D eigenvalue weighted by molar-refractivity contribution is -0.139. The number of piperazine rings is 1. The van der Waals surface area contributed by atoms with Crippen LogP contribution in [-0.2, 0) is 29.0 Å². The summed E-state index contributed by atoms with van der Waals surface area (Å²) in [6, 6.07) is 0. The summed E-state index contributed by atoms with van der Waals surface area (Å²) in [5.74, 6) is -0.0449. The fourth-order valence-electron chi connectivity index (χ4n) is 4.97. The standard InChI is InChI=1S/C22H25F6N7O2/c1-20(4-3-14-16(22(26,27)28)18(37)32-31-17(14)20)12-33(2)11-15(36)34-5-7-35(8-6-34)19-29-9-13(10-30-19)21(23,24)25/h9-10H,3-8,11-12H2,1-2H3,(H,32,37)/t20-/m1/s1. The number of hydrogen-bond donors (Lipinski definition) is 1. The smallest absolute Gasteiger partial charge is 0.338 e. The highest BCUT2D eigenvalue weighted by Gasteiger charge is 2.45. The van der Waals surface area contributed by atoms with Crippen molar-refractivity contribution in [3.8, 4) is 0 Å². The van der Waals surface area contributed by atoms with Crippen LogP contribution >= 0.6 is 0 Å². The van der Waals surface area contributed by atoms with E-state index in [2.05, 4.69) is 15.1 Å². The highest BCUT2D eigenvalue weighted by molar-refractivity contribution is 5.78. The van der Waals surface area contributed by atoms with E-state index in [1.54, 1.807) is 28.7 Å². The van der Waals surface area contributed by atoms with Crippen molar-refractivity contribution >= 4 is 11.9 Å². The van der Waals surface area contributed by atoms with Crippen molar-refractivity contribution in [3.05, 3.63) is 45.1 Å². The maximum absolute atomic E-state index is 13.4. The highest BCUT2D eigenvalue weighted by Crippen LogP contribution is 2.42. The third-order valence-electron chi connectivity index (χ3n) is 6.77. The van der Waals surface area contributed by atoms with Crippen molar-refractivity contribution in [2.75, 3.05) is 51.2 Å². The van der Waals surface area contributed by atoms with E-state index < -0.39 is 34.5 Å². The number of nitrogens with one attached hydrogen (secondary N) is 1. The number of hydrogen-bond acceptors (Lipinski definition) is 7. The number of amides is 1. The minimum atomic E-state index is -4.79. The van der Waals surface area contributed by atoms with Gasteiger partial charge in [-0.2, -0.15) is 31.4 Å². The first-order valence-corrected chi connectivity index (χ1v) is 11.5. The third kappa shape index (κ3) is 5.55. The van der Waals surface area contributed by atoms with Gasteiger partial charge in [-0.25, -0.2) is 15.1 Å². The van der Waals surface area contributed by atoms with Crippen molar-refractivity contribution in [1.29, 1.82) is 0 Å². The Hall–Kier alpha value is -3.23. The summed E-state index contributed by atoms with van der Waals surface area (Å²) in [5, 5.41) is 5.89. The van der Waals surface area contributed by atoms with Crippen LogP contribution in [-0.4, -0.2) is 82.2 Å². The summed E-state index contributed by atoms with van der Waals surface area (Å²) in [7, 11) is 1.68. The second-order valence-corrected chi connectivity index (χ2v) is 9.62. The van der Waals surface area contributed by atoms with Gasteiger partial charge in [-0.3, -0.25) is 14.5 Å². The zero-order chi connectivity index (χ0) is 27.2. The monoisotopic (exact) mass is 533 g/mol. The molecular formula is C22H25F6N7O2. The van der Waals surface area contributed by atoms with Crippen molar-refractivity contribution in [2.45, 2.75) is 37.5 Å². The molecule has 15 heteroatoms. The zero-order valence-electron chi connectivity index (χ0n) is 20.1. The molecular weight excluding hydrogens is 508 g/mol. The lowest BCUT2D eigenvalue weighted by Crippen LogP contribution is -2.52. The van der Waals surface area contributed by atoms with Gasteiger partial charge in [-0.15, -0.1) is 0 Å². The van der Waals surface area contributed by atoms with Crippen molar-refractivity contribution in [1.82, 2.24) is 30.0 Å². The molecule has 2 aromatic rings. The summed E-state index contributed by atoms with van der Waals surface area (Å²) < 4.78 is 78.4. The summed E-state index contributed by atoms with van der Waals surface area (Å²) in [6.07, 6.45) is -7.46. The molecule has 1 atom stereocenters. The number of alkyl halides is 6. The van der Waals surface area contributed by atoms with Gasteiger partial charge in [0.1, 0.15) is 5.56 Å². The van der Waals surface area contributed by atoms with Gasteiger partial charge in [0.25, 0.3) is 5.56 Å². The first kappa shape index (κ1) is 26.8. The van der Waals surface area contributed by atoms with Crippen LogP contribution in [0, 0.1) is 0 Å². The van der Waals surface area contributed by atoms with Gasteiger partial charge in [0.15, 0.2) is 0 Å². The van der Waals surface area contributed by atoms with Gasteiger partial charge in [0.05, 0.1) is 17.8 Å². The fraction of sp³-hybridized carbons (Fsp3) is 0.591. The zero-order valence-corrected chi connectivity index (χ0v) is 20.1. The minimum Gasteiger partial charge on any atom is -0.338 e. The predicted octanol–water partition coefficient (Wildman–Crippen LogP) is 2.08. The predicted molar refractivity (Wildman–Crippen MR) is 119 cm³/mol. The largest absolute Gasteiger partial charge is 0.422 e. The molecule has 0 saturated carbocycles. The summed E-state index contributed by atoms with van der Waals surface area (Å²) in [6.45, 7) is 3.32. The normalized spacial score (nSPS) is 20.5. The average Bonchev–Trinajstić information content (AvgIpc) is 3.13. The Kier molecular flexibility index (Phi) is 6.94. The number of nitrogens with zero attached hydrogens (tertiary/aromatic N) is 6. The van der Waals surface area contributed by atoms with E-state index in [4.69, 9.17) is 0 Å². The van der Waals surface area contributed by atoms with Crippen LogP contribution in [0.2, 0.25) is 0 Å². The Bertz CT molecular complexity index is 1210. The van der Waals surface area contributed by atoms with Crippen LogP contribution in [0.3, 0.4) is 0 Å². The average molecular weight is 533 g/mol. The Morgan fingerprint density at radius 2 is 1.70 bits per heavy atom. The van der Waals surface area contributed by atoms with Gasteiger partial charge >= 0.3 is 12.4 Å². The lowest BCUT2D eigenvalue weighted by atomic mass is 9.87. The number of H-pyrrole nitrogens is 1. The molecule has 1 fully saturated rings. The molecule has 0 aromatic carbocycles. The highest BCUT2D eigenvalue weighted by atomic mass is 19.4.